The largest absolute Gasteiger partial charge is 0.493 e. The van der Waals surface area contributed by atoms with E-state index in [0.717, 1.165) is 46.7 Å². The van der Waals surface area contributed by atoms with E-state index in [9.17, 15) is 4.79 Å². The van der Waals surface area contributed by atoms with Crippen LogP contribution in [0.4, 0.5) is 0 Å². The summed E-state index contributed by atoms with van der Waals surface area (Å²) in [5, 5.41) is 0. The van der Waals surface area contributed by atoms with Gasteiger partial charge in [0.2, 0.25) is 11.5 Å². The standard InChI is InChI=1S/C34H39NO5/c1-5-14-28-23-26(24-34(6-2,33(36)37-7-3)40-29-17-12-9-13-18-29)19-20-31(28)38-22-21-30-25(4)39-32(35-30)27-15-10-8-11-16-27/h8-13,15-20,23H,5-7,14,21-22,24H2,1-4H3. The van der Waals surface area contributed by atoms with Gasteiger partial charge in [0.05, 0.1) is 18.9 Å². The average molecular weight is 542 g/mol. The molecule has 0 fully saturated rings. The average Bonchev–Trinajstić information content (AvgIpc) is 3.35. The lowest BCUT2D eigenvalue weighted by Gasteiger charge is -2.31. The van der Waals surface area contributed by atoms with E-state index in [0.29, 0.717) is 44.1 Å². The zero-order valence-electron chi connectivity index (χ0n) is 23.9. The van der Waals surface area contributed by atoms with Crippen LogP contribution in [0.5, 0.6) is 11.5 Å². The van der Waals surface area contributed by atoms with Crippen LogP contribution in [-0.2, 0) is 28.8 Å². The van der Waals surface area contributed by atoms with Crippen LogP contribution < -0.4 is 9.47 Å². The van der Waals surface area contributed by atoms with E-state index in [1.165, 1.54) is 0 Å². The molecule has 1 heterocycles. The molecule has 4 rings (SSSR count). The Kier molecular flexibility index (Phi) is 10.0. The number of carbonyl (C=O) groups is 1. The number of para-hydroxylation sites is 1. The Hall–Kier alpha value is -4.06. The van der Waals surface area contributed by atoms with E-state index in [4.69, 9.17) is 23.6 Å². The normalized spacial score (nSPS) is 12.5. The van der Waals surface area contributed by atoms with Crippen LogP contribution in [0, 0.1) is 6.92 Å². The van der Waals surface area contributed by atoms with Crippen LogP contribution in [0.25, 0.3) is 11.5 Å². The number of aromatic nitrogens is 1. The van der Waals surface area contributed by atoms with E-state index in [1.54, 1.807) is 0 Å². The monoisotopic (exact) mass is 541 g/mol. The lowest BCUT2D eigenvalue weighted by Crippen LogP contribution is -2.47. The summed E-state index contributed by atoms with van der Waals surface area (Å²) in [6, 6.07) is 25.5. The van der Waals surface area contributed by atoms with Gasteiger partial charge in [0, 0.05) is 18.4 Å². The van der Waals surface area contributed by atoms with E-state index in [1.807, 2.05) is 93.6 Å². The van der Waals surface area contributed by atoms with Gasteiger partial charge in [-0.05, 0) is 68.1 Å². The fourth-order valence-electron chi connectivity index (χ4n) is 4.77. The number of aryl methyl sites for hydroxylation is 2. The molecule has 4 aromatic rings. The highest BCUT2D eigenvalue weighted by molar-refractivity contribution is 5.80. The van der Waals surface area contributed by atoms with Crippen LogP contribution in [0.15, 0.2) is 83.3 Å². The molecule has 0 saturated carbocycles. The summed E-state index contributed by atoms with van der Waals surface area (Å²) in [5.41, 5.74) is 2.84. The maximum atomic E-state index is 13.2. The molecule has 3 aromatic carbocycles. The number of hydrogen-bond donors (Lipinski definition) is 0. The lowest BCUT2D eigenvalue weighted by molar-refractivity contribution is -0.162. The minimum Gasteiger partial charge on any atom is -0.493 e. The van der Waals surface area contributed by atoms with Crippen molar-refractivity contribution in [2.45, 2.75) is 65.4 Å². The maximum absolute atomic E-state index is 13.2. The van der Waals surface area contributed by atoms with Crippen molar-refractivity contribution in [2.75, 3.05) is 13.2 Å². The Balaban J connectivity index is 1.49. The quantitative estimate of drug-likeness (QED) is 0.153. The van der Waals surface area contributed by atoms with Crippen molar-refractivity contribution in [3.63, 3.8) is 0 Å². The molecule has 0 amide bonds. The number of benzene rings is 3. The van der Waals surface area contributed by atoms with Gasteiger partial charge in [-0.2, -0.15) is 0 Å². The molecule has 0 N–H and O–H groups in total. The predicted molar refractivity (Wildman–Crippen MR) is 157 cm³/mol. The van der Waals surface area contributed by atoms with E-state index < -0.39 is 5.60 Å². The highest BCUT2D eigenvalue weighted by atomic mass is 16.6. The Morgan fingerprint density at radius 2 is 1.65 bits per heavy atom. The summed E-state index contributed by atoms with van der Waals surface area (Å²) in [7, 11) is 0. The second kappa shape index (κ2) is 13.8. The van der Waals surface area contributed by atoms with Gasteiger partial charge in [0.25, 0.3) is 0 Å². The smallest absolute Gasteiger partial charge is 0.350 e. The van der Waals surface area contributed by atoms with Gasteiger partial charge >= 0.3 is 5.97 Å². The zero-order chi connectivity index (χ0) is 28.4. The van der Waals surface area contributed by atoms with Crippen molar-refractivity contribution < 1.29 is 23.4 Å². The first-order valence-corrected chi connectivity index (χ1v) is 14.2. The molecule has 1 unspecified atom stereocenters. The van der Waals surface area contributed by atoms with E-state index in [2.05, 4.69) is 13.0 Å². The van der Waals surface area contributed by atoms with Gasteiger partial charge in [0.15, 0.2) is 0 Å². The molecule has 0 aliphatic heterocycles. The van der Waals surface area contributed by atoms with Gasteiger partial charge in [-0.25, -0.2) is 9.78 Å². The summed E-state index contributed by atoms with van der Waals surface area (Å²) in [6.45, 7) is 8.64. The van der Waals surface area contributed by atoms with Gasteiger partial charge in [-0.1, -0.05) is 68.8 Å². The van der Waals surface area contributed by atoms with Crippen molar-refractivity contribution in [3.05, 3.63) is 101 Å². The van der Waals surface area contributed by atoms with Gasteiger partial charge in [-0.3, -0.25) is 0 Å². The SMILES string of the molecule is CCCc1cc(CC(CC)(Oc2ccccc2)C(=O)OCC)ccc1OCCc1nc(-c2ccccc2)oc1C. The first-order valence-electron chi connectivity index (χ1n) is 14.2. The molecule has 0 aliphatic rings. The summed E-state index contributed by atoms with van der Waals surface area (Å²) >= 11 is 0. The maximum Gasteiger partial charge on any atom is 0.350 e. The summed E-state index contributed by atoms with van der Waals surface area (Å²) in [6.07, 6.45) is 3.35. The van der Waals surface area contributed by atoms with Crippen molar-refractivity contribution in [2.24, 2.45) is 0 Å². The molecule has 1 atom stereocenters. The Bertz CT molecular complexity index is 1370. The minimum atomic E-state index is -1.12. The molecule has 0 bridgehead atoms. The summed E-state index contributed by atoms with van der Waals surface area (Å²) in [5.74, 6) is 2.57. The third-order valence-electron chi connectivity index (χ3n) is 6.92. The Labute approximate surface area is 237 Å². The van der Waals surface area contributed by atoms with Crippen LogP contribution in [0.3, 0.4) is 0 Å². The lowest BCUT2D eigenvalue weighted by atomic mass is 9.90. The molecular formula is C34H39NO5. The number of nitrogens with zero attached hydrogens (tertiary/aromatic N) is 1. The molecule has 0 aliphatic carbocycles. The Morgan fingerprint density at radius 1 is 0.925 bits per heavy atom. The van der Waals surface area contributed by atoms with Crippen LogP contribution in [0.1, 0.15) is 56.2 Å². The number of hydrogen-bond acceptors (Lipinski definition) is 6. The fraction of sp³-hybridized carbons (Fsp3) is 0.353. The fourth-order valence-corrected chi connectivity index (χ4v) is 4.77. The molecular weight excluding hydrogens is 502 g/mol. The zero-order valence-corrected chi connectivity index (χ0v) is 23.9. The second-order valence-electron chi connectivity index (χ2n) is 9.84. The Morgan fingerprint density at radius 3 is 2.33 bits per heavy atom. The molecule has 210 valence electrons. The van der Waals surface area contributed by atoms with E-state index >= 15 is 0 Å². The highest BCUT2D eigenvalue weighted by Gasteiger charge is 2.41. The van der Waals surface area contributed by atoms with Gasteiger partial charge < -0.3 is 18.6 Å². The summed E-state index contributed by atoms with van der Waals surface area (Å²) in [4.78, 5) is 17.9. The topological polar surface area (TPSA) is 70.8 Å². The van der Waals surface area contributed by atoms with Crippen LogP contribution in [0.2, 0.25) is 0 Å². The van der Waals surface area contributed by atoms with Crippen molar-refractivity contribution in [3.8, 4) is 23.0 Å². The number of carbonyl (C=O) groups excluding carboxylic acids is 1. The van der Waals surface area contributed by atoms with Crippen molar-refractivity contribution in [1.82, 2.24) is 4.98 Å². The number of oxazole rings is 1. The van der Waals surface area contributed by atoms with Crippen molar-refractivity contribution >= 4 is 5.97 Å². The minimum absolute atomic E-state index is 0.296. The molecule has 6 heteroatoms. The molecule has 0 spiro atoms. The third kappa shape index (κ3) is 7.12. The molecule has 40 heavy (non-hydrogen) atoms. The summed E-state index contributed by atoms with van der Waals surface area (Å²) < 4.78 is 24.0. The van der Waals surface area contributed by atoms with Crippen molar-refractivity contribution in [1.29, 1.82) is 0 Å². The van der Waals surface area contributed by atoms with Crippen LogP contribution in [-0.4, -0.2) is 29.8 Å². The van der Waals surface area contributed by atoms with Crippen LogP contribution >= 0.6 is 0 Å². The molecule has 6 nitrogen and oxygen atoms in total. The first kappa shape index (κ1) is 28.9. The number of esters is 1. The predicted octanol–water partition coefficient (Wildman–Crippen LogP) is 7.56. The second-order valence-corrected chi connectivity index (χ2v) is 9.84. The molecule has 0 radical (unpaired) electrons. The van der Waals surface area contributed by atoms with E-state index in [-0.39, 0.29) is 5.97 Å². The van der Waals surface area contributed by atoms with Gasteiger partial charge in [0.1, 0.15) is 17.3 Å². The molecule has 1 aromatic heterocycles. The van der Waals surface area contributed by atoms with Gasteiger partial charge in [-0.15, -0.1) is 0 Å². The molecule has 0 saturated heterocycles. The highest BCUT2D eigenvalue weighted by Crippen LogP contribution is 2.30. The first-order chi connectivity index (χ1) is 19.5. The number of rotatable bonds is 14. The third-order valence-corrected chi connectivity index (χ3v) is 6.92. The number of ether oxygens (including phenoxy) is 3.